The van der Waals surface area contributed by atoms with Crippen LogP contribution in [0.2, 0.25) is 5.02 Å². The molecule has 0 atom stereocenters. The van der Waals surface area contributed by atoms with E-state index >= 15 is 0 Å². The number of nitrogens with one attached hydrogen (secondary N) is 1. The average molecular weight is 291 g/mol. The zero-order chi connectivity index (χ0) is 14.3. The van der Waals surface area contributed by atoms with Crippen LogP contribution in [0.4, 0.5) is 10.2 Å². The molecule has 0 unspecified atom stereocenters. The summed E-state index contributed by atoms with van der Waals surface area (Å²) in [5, 5.41) is 0.462. The van der Waals surface area contributed by atoms with Gasteiger partial charge in [-0.15, -0.1) is 0 Å². The van der Waals surface area contributed by atoms with Crippen molar-refractivity contribution in [3.63, 3.8) is 0 Å². The van der Waals surface area contributed by atoms with E-state index in [1.54, 1.807) is 6.07 Å². The van der Waals surface area contributed by atoms with Crippen molar-refractivity contribution in [1.82, 2.24) is 15.0 Å². The first kappa shape index (κ1) is 12.9. The zero-order valence-corrected chi connectivity index (χ0v) is 11.7. The molecule has 0 bridgehead atoms. The summed E-state index contributed by atoms with van der Waals surface area (Å²) in [5.74, 6) is 0.840. The predicted molar refractivity (Wildman–Crippen MR) is 78.6 cm³/mol. The molecule has 0 aliphatic rings. The van der Waals surface area contributed by atoms with E-state index in [2.05, 4.69) is 15.0 Å². The van der Waals surface area contributed by atoms with Gasteiger partial charge in [-0.05, 0) is 30.3 Å². The van der Waals surface area contributed by atoms with Crippen molar-refractivity contribution in [2.75, 3.05) is 19.0 Å². The van der Waals surface area contributed by atoms with Gasteiger partial charge in [-0.3, -0.25) is 0 Å². The number of fused-ring (bicyclic) bond motifs is 1. The van der Waals surface area contributed by atoms with Gasteiger partial charge in [0.25, 0.3) is 0 Å². The number of halogens is 2. The van der Waals surface area contributed by atoms with Crippen LogP contribution >= 0.6 is 11.6 Å². The molecule has 0 aliphatic heterocycles. The van der Waals surface area contributed by atoms with Crippen LogP contribution in [0.25, 0.3) is 22.6 Å². The van der Waals surface area contributed by atoms with E-state index in [1.165, 1.54) is 12.1 Å². The Labute approximate surface area is 120 Å². The average Bonchev–Trinajstić information content (AvgIpc) is 2.83. The Balaban J connectivity index is 2.15. The minimum Gasteiger partial charge on any atom is -0.363 e. The first-order valence-corrected chi connectivity index (χ1v) is 6.42. The smallest absolute Gasteiger partial charge is 0.180 e. The molecule has 102 valence electrons. The lowest BCUT2D eigenvalue weighted by Gasteiger charge is -2.09. The molecule has 1 aromatic carbocycles. The molecule has 4 nitrogen and oxygen atoms in total. The van der Waals surface area contributed by atoms with Crippen molar-refractivity contribution in [1.29, 1.82) is 0 Å². The third kappa shape index (κ3) is 2.20. The summed E-state index contributed by atoms with van der Waals surface area (Å²) in [7, 11) is 3.80. The van der Waals surface area contributed by atoms with Crippen LogP contribution in [0.5, 0.6) is 0 Å². The first-order chi connectivity index (χ1) is 9.54. The predicted octanol–water partition coefficient (Wildman–Crippen LogP) is 3.48. The van der Waals surface area contributed by atoms with Crippen molar-refractivity contribution in [2.24, 2.45) is 0 Å². The minimum absolute atomic E-state index is 0.335. The maximum atomic E-state index is 13.8. The van der Waals surface area contributed by atoms with Gasteiger partial charge in [-0.25, -0.2) is 14.4 Å². The summed E-state index contributed by atoms with van der Waals surface area (Å²) in [6.45, 7) is 0. The van der Waals surface area contributed by atoms with Crippen LogP contribution in [-0.2, 0) is 0 Å². The molecule has 0 saturated heterocycles. The fourth-order valence-corrected chi connectivity index (χ4v) is 2.11. The van der Waals surface area contributed by atoms with Crippen molar-refractivity contribution in [3.05, 3.63) is 41.2 Å². The molecule has 0 fully saturated rings. The van der Waals surface area contributed by atoms with E-state index in [0.29, 0.717) is 22.1 Å². The summed E-state index contributed by atoms with van der Waals surface area (Å²) < 4.78 is 13.8. The van der Waals surface area contributed by atoms with Gasteiger partial charge in [0.05, 0.1) is 11.1 Å². The lowest BCUT2D eigenvalue weighted by molar-refractivity contribution is 0.630. The summed E-state index contributed by atoms with van der Waals surface area (Å²) in [6.07, 6.45) is 0. The summed E-state index contributed by atoms with van der Waals surface area (Å²) in [5.41, 5.74) is 1.64. The lowest BCUT2D eigenvalue weighted by atomic mass is 10.2. The van der Waals surface area contributed by atoms with Crippen molar-refractivity contribution in [2.45, 2.75) is 0 Å². The molecule has 0 aliphatic carbocycles. The molecule has 0 radical (unpaired) electrons. The van der Waals surface area contributed by atoms with Crippen LogP contribution in [-0.4, -0.2) is 29.0 Å². The summed E-state index contributed by atoms with van der Waals surface area (Å²) in [4.78, 5) is 13.7. The van der Waals surface area contributed by atoms with Gasteiger partial charge >= 0.3 is 0 Å². The number of rotatable bonds is 2. The van der Waals surface area contributed by atoms with Gasteiger partial charge in [0, 0.05) is 19.1 Å². The van der Waals surface area contributed by atoms with Gasteiger partial charge in [-0.1, -0.05) is 11.6 Å². The Hall–Kier alpha value is -2.14. The lowest BCUT2D eigenvalue weighted by Crippen LogP contribution is -2.10. The van der Waals surface area contributed by atoms with Crippen LogP contribution in [0, 0.1) is 5.82 Å². The fraction of sp³-hybridized carbons (Fsp3) is 0.143. The second-order valence-corrected chi connectivity index (χ2v) is 5.08. The normalized spacial score (nSPS) is 11.0. The largest absolute Gasteiger partial charge is 0.363 e. The second-order valence-electron chi connectivity index (χ2n) is 4.64. The van der Waals surface area contributed by atoms with E-state index < -0.39 is 0 Å². The summed E-state index contributed by atoms with van der Waals surface area (Å²) >= 11 is 5.90. The monoisotopic (exact) mass is 290 g/mol. The number of anilines is 1. The fourth-order valence-electron chi connectivity index (χ4n) is 1.94. The molecule has 0 saturated carbocycles. The number of pyridine rings is 1. The quantitative estimate of drug-likeness (QED) is 0.786. The second kappa shape index (κ2) is 4.76. The number of nitrogens with zero attached hydrogens (tertiary/aromatic N) is 3. The Morgan fingerprint density at radius 2 is 1.95 bits per heavy atom. The molecular formula is C14H12ClFN4. The van der Waals surface area contributed by atoms with Crippen LogP contribution < -0.4 is 4.90 Å². The minimum atomic E-state index is -0.374. The SMILES string of the molecule is CN(C)c1ccc2[nH]c(-c3cc(Cl)ccc3F)nc2n1. The third-order valence-corrected chi connectivity index (χ3v) is 3.21. The van der Waals surface area contributed by atoms with Gasteiger partial charge in [0.2, 0.25) is 0 Å². The van der Waals surface area contributed by atoms with Crippen molar-refractivity contribution < 1.29 is 4.39 Å². The van der Waals surface area contributed by atoms with Crippen LogP contribution in [0.1, 0.15) is 0 Å². The number of benzene rings is 1. The number of imidazole rings is 1. The molecule has 0 spiro atoms. The maximum Gasteiger partial charge on any atom is 0.180 e. The van der Waals surface area contributed by atoms with E-state index in [1.807, 2.05) is 31.1 Å². The van der Waals surface area contributed by atoms with E-state index in [4.69, 9.17) is 11.6 Å². The zero-order valence-electron chi connectivity index (χ0n) is 11.0. The molecule has 2 heterocycles. The van der Waals surface area contributed by atoms with Crippen molar-refractivity contribution >= 4 is 28.6 Å². The van der Waals surface area contributed by atoms with Gasteiger partial charge < -0.3 is 9.88 Å². The number of hydrogen-bond acceptors (Lipinski definition) is 3. The highest BCUT2D eigenvalue weighted by atomic mass is 35.5. The molecule has 3 rings (SSSR count). The van der Waals surface area contributed by atoms with E-state index in [-0.39, 0.29) is 5.82 Å². The number of H-pyrrole nitrogens is 1. The van der Waals surface area contributed by atoms with Crippen molar-refractivity contribution in [3.8, 4) is 11.4 Å². The highest BCUT2D eigenvalue weighted by Gasteiger charge is 2.12. The number of hydrogen-bond donors (Lipinski definition) is 1. The Kier molecular flexibility index (Phi) is 3.06. The van der Waals surface area contributed by atoms with Gasteiger partial charge in [0.15, 0.2) is 5.65 Å². The Morgan fingerprint density at radius 1 is 1.15 bits per heavy atom. The molecular weight excluding hydrogens is 279 g/mol. The Morgan fingerprint density at radius 3 is 2.70 bits per heavy atom. The molecule has 3 aromatic rings. The van der Waals surface area contributed by atoms with E-state index in [0.717, 1.165) is 11.3 Å². The maximum absolute atomic E-state index is 13.8. The molecule has 6 heteroatoms. The summed E-state index contributed by atoms with van der Waals surface area (Å²) in [6, 6.07) is 8.12. The van der Waals surface area contributed by atoms with Crippen LogP contribution in [0.3, 0.4) is 0 Å². The van der Waals surface area contributed by atoms with E-state index in [9.17, 15) is 4.39 Å². The topological polar surface area (TPSA) is 44.8 Å². The third-order valence-electron chi connectivity index (χ3n) is 2.97. The highest BCUT2D eigenvalue weighted by Crippen LogP contribution is 2.26. The number of aromatic amines is 1. The van der Waals surface area contributed by atoms with Crippen LogP contribution in [0.15, 0.2) is 30.3 Å². The molecule has 20 heavy (non-hydrogen) atoms. The molecule has 1 N–H and O–H groups in total. The number of aromatic nitrogens is 3. The molecule has 2 aromatic heterocycles. The molecule has 0 amide bonds. The first-order valence-electron chi connectivity index (χ1n) is 6.04. The standard InChI is InChI=1S/C14H12ClFN4/c1-20(2)12-6-5-11-14(18-12)19-13(17-11)9-7-8(15)3-4-10(9)16/h3-7H,1-2H3,(H,17,18,19). The highest BCUT2D eigenvalue weighted by molar-refractivity contribution is 6.30. The van der Waals surface area contributed by atoms with Gasteiger partial charge in [0.1, 0.15) is 17.5 Å². The Bertz CT molecular complexity index is 782. The van der Waals surface area contributed by atoms with Gasteiger partial charge in [-0.2, -0.15) is 0 Å².